The fourth-order valence-corrected chi connectivity index (χ4v) is 1.09. The van der Waals surface area contributed by atoms with E-state index in [9.17, 15) is 4.79 Å². The zero-order chi connectivity index (χ0) is 9.14. The number of rotatable bonds is 2. The van der Waals surface area contributed by atoms with Crippen molar-refractivity contribution in [3.05, 3.63) is 23.8 Å². The van der Waals surface area contributed by atoms with Crippen LogP contribution in [0.4, 0.5) is 0 Å². The Labute approximate surface area is 71.4 Å². The van der Waals surface area contributed by atoms with Crippen LogP contribution in [0.5, 0.6) is 5.75 Å². The van der Waals surface area contributed by atoms with Gasteiger partial charge in [-0.25, -0.2) is 4.79 Å². The minimum absolute atomic E-state index is 0.206. The van der Waals surface area contributed by atoms with Crippen molar-refractivity contribution < 1.29 is 14.6 Å². The van der Waals surface area contributed by atoms with Gasteiger partial charge in [-0.05, 0) is 11.5 Å². The average molecular weight is 164 g/mol. The van der Waals surface area contributed by atoms with E-state index in [1.807, 2.05) is 13.9 Å². The molecule has 1 N–H and O–H groups in total. The first-order valence-electron chi connectivity index (χ1n) is 3.53. The van der Waals surface area contributed by atoms with Gasteiger partial charge in [0.15, 0.2) is 0 Å². The number of ether oxygens (including phenoxy) is 1. The highest BCUT2D eigenvalue weighted by Crippen LogP contribution is 2.13. The topological polar surface area (TPSA) is 46.5 Å². The fourth-order valence-electron chi connectivity index (χ4n) is 1.09. The molecule has 0 radical (unpaired) electrons. The predicted octanol–water partition coefficient (Wildman–Crippen LogP) is -0.348. The van der Waals surface area contributed by atoms with Gasteiger partial charge in [0.25, 0.3) is 0 Å². The molecule has 3 nitrogen and oxygen atoms in total. The van der Waals surface area contributed by atoms with Gasteiger partial charge in [-0.3, -0.25) is 0 Å². The first-order chi connectivity index (χ1) is 5.66. The molecule has 1 aromatic carbocycles. The van der Waals surface area contributed by atoms with Crippen molar-refractivity contribution in [2.24, 2.45) is 0 Å². The van der Waals surface area contributed by atoms with Crippen LogP contribution in [0.2, 0.25) is 0 Å². The number of carboxylic acid groups (broad SMARTS) is 1. The number of hydrogen-bond acceptors (Lipinski definition) is 2. The molecule has 0 aliphatic rings. The minimum atomic E-state index is -0.962. The Hall–Kier alpha value is -1.45. The summed E-state index contributed by atoms with van der Waals surface area (Å²) in [7, 11) is 3.28. The summed E-state index contributed by atoms with van der Waals surface area (Å²) in [5.74, 6) is -0.527. The third kappa shape index (κ3) is 1.42. The van der Waals surface area contributed by atoms with Crippen LogP contribution in [0.25, 0.3) is 0 Å². The van der Waals surface area contributed by atoms with Crippen molar-refractivity contribution in [1.82, 2.24) is 0 Å². The first kappa shape index (κ1) is 8.65. The zero-order valence-corrected chi connectivity index (χ0v) is 7.00. The number of para-hydroxylation sites is 1. The van der Waals surface area contributed by atoms with E-state index in [0.717, 1.165) is 5.46 Å². The van der Waals surface area contributed by atoms with Crippen LogP contribution in [-0.2, 0) is 0 Å². The molecule has 4 heteroatoms. The lowest BCUT2D eigenvalue weighted by atomic mass is 9.93. The number of hydrogen-bond donors (Lipinski definition) is 1. The Bertz CT molecular complexity index is 309. The third-order valence-electron chi connectivity index (χ3n) is 1.65. The van der Waals surface area contributed by atoms with Crippen molar-refractivity contribution in [2.75, 3.05) is 7.11 Å². The molecule has 0 heterocycles. The molecule has 0 atom stereocenters. The zero-order valence-electron chi connectivity index (χ0n) is 7.00. The second kappa shape index (κ2) is 3.30. The maximum atomic E-state index is 10.7. The van der Waals surface area contributed by atoms with E-state index in [-0.39, 0.29) is 5.56 Å². The van der Waals surface area contributed by atoms with Gasteiger partial charge < -0.3 is 9.84 Å². The normalized spacial score (nSPS) is 9.42. The van der Waals surface area contributed by atoms with Crippen LogP contribution in [0.1, 0.15) is 10.4 Å². The number of benzene rings is 1. The number of aromatic carboxylic acids is 1. The first-order valence-corrected chi connectivity index (χ1v) is 3.53. The van der Waals surface area contributed by atoms with Gasteiger partial charge in [0.05, 0.1) is 7.11 Å². The molecular weight excluding hydrogens is 155 g/mol. The Morgan fingerprint density at radius 2 is 2.25 bits per heavy atom. The maximum Gasteiger partial charge on any atom is 0.339 e. The molecule has 0 fully saturated rings. The highest BCUT2D eigenvalue weighted by atomic mass is 16.5. The lowest BCUT2D eigenvalue weighted by Crippen LogP contribution is -2.12. The standard InChI is InChI=1S/C8H9BO3/c1-12-7-5(8(10)11)3-2-4-6(7)9/h2-4H,9H2,1H3,(H,10,11). The predicted molar refractivity (Wildman–Crippen MR) is 48.1 cm³/mol. The monoisotopic (exact) mass is 164 g/mol. The van der Waals surface area contributed by atoms with Gasteiger partial charge >= 0.3 is 5.97 Å². The quantitative estimate of drug-likeness (QED) is 0.607. The molecule has 0 spiro atoms. The van der Waals surface area contributed by atoms with Crippen molar-refractivity contribution >= 4 is 19.3 Å². The molecule has 0 aromatic heterocycles. The van der Waals surface area contributed by atoms with Gasteiger partial charge in [0, 0.05) is 0 Å². The SMILES string of the molecule is Bc1cccc(C(=O)O)c1OC. The van der Waals surface area contributed by atoms with E-state index >= 15 is 0 Å². The lowest BCUT2D eigenvalue weighted by molar-refractivity contribution is 0.0693. The molecule has 0 amide bonds. The largest absolute Gasteiger partial charge is 0.496 e. The van der Waals surface area contributed by atoms with Crippen molar-refractivity contribution in [3.63, 3.8) is 0 Å². The fraction of sp³-hybridized carbons (Fsp3) is 0.125. The van der Waals surface area contributed by atoms with Crippen LogP contribution >= 0.6 is 0 Å². The molecule has 0 saturated heterocycles. The molecule has 0 bridgehead atoms. The summed E-state index contributed by atoms with van der Waals surface area (Å²) >= 11 is 0. The molecule has 62 valence electrons. The second-order valence-electron chi connectivity index (χ2n) is 2.46. The summed E-state index contributed by atoms with van der Waals surface area (Å²) in [5, 5.41) is 8.74. The van der Waals surface area contributed by atoms with Gasteiger partial charge in [0.1, 0.15) is 19.2 Å². The van der Waals surface area contributed by atoms with E-state index in [1.165, 1.54) is 13.2 Å². The lowest BCUT2D eigenvalue weighted by Gasteiger charge is -2.06. The van der Waals surface area contributed by atoms with Gasteiger partial charge in [-0.1, -0.05) is 12.1 Å². The van der Waals surface area contributed by atoms with Crippen LogP contribution in [0, 0.1) is 0 Å². The molecule has 0 aliphatic carbocycles. The Balaban J connectivity index is 3.27. The van der Waals surface area contributed by atoms with E-state index < -0.39 is 5.97 Å². The van der Waals surface area contributed by atoms with Crippen molar-refractivity contribution in [2.45, 2.75) is 0 Å². The molecule has 0 aliphatic heterocycles. The van der Waals surface area contributed by atoms with Gasteiger partial charge in [-0.15, -0.1) is 0 Å². The van der Waals surface area contributed by atoms with E-state index in [1.54, 1.807) is 6.07 Å². The third-order valence-corrected chi connectivity index (χ3v) is 1.65. The maximum absolute atomic E-state index is 10.7. The Morgan fingerprint density at radius 3 is 2.67 bits per heavy atom. The van der Waals surface area contributed by atoms with E-state index in [0.29, 0.717) is 5.75 Å². The molecule has 1 aromatic rings. The molecule has 0 unspecified atom stereocenters. The smallest absolute Gasteiger partial charge is 0.339 e. The van der Waals surface area contributed by atoms with Crippen LogP contribution < -0.4 is 10.2 Å². The molecular formula is C8H9BO3. The summed E-state index contributed by atoms with van der Waals surface area (Å²) in [4.78, 5) is 10.7. The van der Waals surface area contributed by atoms with Gasteiger partial charge in [0.2, 0.25) is 0 Å². The Kier molecular flexibility index (Phi) is 2.38. The number of methoxy groups -OCH3 is 1. The summed E-state index contributed by atoms with van der Waals surface area (Å²) in [6.07, 6.45) is 0. The van der Waals surface area contributed by atoms with Crippen molar-refractivity contribution in [1.29, 1.82) is 0 Å². The summed E-state index contributed by atoms with van der Waals surface area (Å²) in [5.41, 5.74) is 1.04. The molecule has 12 heavy (non-hydrogen) atoms. The van der Waals surface area contributed by atoms with E-state index in [2.05, 4.69) is 0 Å². The molecule has 0 saturated carbocycles. The van der Waals surface area contributed by atoms with E-state index in [4.69, 9.17) is 9.84 Å². The van der Waals surface area contributed by atoms with Gasteiger partial charge in [-0.2, -0.15) is 0 Å². The summed E-state index contributed by atoms with van der Waals surface area (Å²) in [6, 6.07) is 5.03. The highest BCUT2D eigenvalue weighted by Gasteiger charge is 2.10. The highest BCUT2D eigenvalue weighted by molar-refractivity contribution is 6.35. The Morgan fingerprint density at radius 1 is 1.58 bits per heavy atom. The second-order valence-corrected chi connectivity index (χ2v) is 2.46. The summed E-state index contributed by atoms with van der Waals surface area (Å²) in [6.45, 7) is 0. The minimum Gasteiger partial charge on any atom is -0.496 e. The summed E-state index contributed by atoms with van der Waals surface area (Å²) < 4.78 is 4.96. The average Bonchev–Trinajstić information content (AvgIpc) is 2.03. The van der Waals surface area contributed by atoms with Crippen LogP contribution in [-0.4, -0.2) is 26.0 Å². The van der Waals surface area contributed by atoms with Crippen molar-refractivity contribution in [3.8, 4) is 5.75 Å². The van der Waals surface area contributed by atoms with Crippen LogP contribution in [0.15, 0.2) is 18.2 Å². The number of carboxylic acids is 1. The number of carbonyl (C=O) groups is 1. The van der Waals surface area contributed by atoms with Crippen LogP contribution in [0.3, 0.4) is 0 Å². The molecule has 1 rings (SSSR count).